The fourth-order valence-corrected chi connectivity index (χ4v) is 4.89. The van der Waals surface area contributed by atoms with Crippen molar-refractivity contribution in [3.8, 4) is 0 Å². The van der Waals surface area contributed by atoms with Gasteiger partial charge in [0.2, 0.25) is 0 Å². The van der Waals surface area contributed by atoms with Crippen LogP contribution < -0.4 is 0 Å². The summed E-state index contributed by atoms with van der Waals surface area (Å²) in [7, 11) is 0. The first-order valence-electron chi connectivity index (χ1n) is 13.6. The quantitative estimate of drug-likeness (QED) is 0.0947. The SMILES string of the molecule is CCCCCCCCCCCCCCCCCCCCCCCCCCC[AsH2]. The van der Waals surface area contributed by atoms with Gasteiger partial charge >= 0.3 is 92.7 Å². The van der Waals surface area contributed by atoms with Gasteiger partial charge in [-0.05, 0) is 0 Å². The fraction of sp³-hybridized carbons (Fsp3) is 1.00. The first kappa shape index (κ1) is 28.6. The van der Waals surface area contributed by atoms with Crippen molar-refractivity contribution in [3.05, 3.63) is 0 Å². The van der Waals surface area contributed by atoms with Crippen LogP contribution in [0.15, 0.2) is 0 Å². The molecule has 0 aromatic rings. The van der Waals surface area contributed by atoms with E-state index in [4.69, 9.17) is 0 Å². The summed E-state index contributed by atoms with van der Waals surface area (Å²) in [6.45, 7) is 2.30. The zero-order valence-corrected chi connectivity index (χ0v) is 22.4. The second kappa shape index (κ2) is 27.6. The van der Waals surface area contributed by atoms with Crippen LogP contribution in [0.25, 0.3) is 0 Å². The second-order valence-electron chi connectivity index (χ2n) is 9.27. The van der Waals surface area contributed by atoms with Gasteiger partial charge in [-0.2, -0.15) is 0 Å². The van der Waals surface area contributed by atoms with Gasteiger partial charge in [0, 0.05) is 0 Å². The maximum atomic E-state index is 2.30. The van der Waals surface area contributed by atoms with Gasteiger partial charge in [0.25, 0.3) is 0 Å². The summed E-state index contributed by atoms with van der Waals surface area (Å²) in [6.07, 6.45) is 37.1. The first-order valence-corrected chi connectivity index (χ1v) is 15.3. The molecule has 28 heavy (non-hydrogen) atoms. The second-order valence-corrected chi connectivity index (χ2v) is 10.5. The topological polar surface area (TPSA) is 0 Å². The van der Waals surface area contributed by atoms with E-state index in [0.717, 1.165) is 0 Å². The van der Waals surface area contributed by atoms with Gasteiger partial charge in [0.1, 0.15) is 0 Å². The Hall–Kier alpha value is 0.558. The molecule has 1 unspecified atom stereocenters. The van der Waals surface area contributed by atoms with Crippen LogP contribution in [-0.4, -0.2) is 16.9 Å². The Bertz CT molecular complexity index is 225. The van der Waals surface area contributed by atoms with E-state index in [-0.39, 0.29) is 0 Å². The Balaban J connectivity index is 2.96. The van der Waals surface area contributed by atoms with E-state index in [1.165, 1.54) is 166 Å². The fourth-order valence-electron chi connectivity index (χ4n) is 4.28. The molecule has 0 saturated heterocycles. The van der Waals surface area contributed by atoms with Crippen LogP contribution in [0.3, 0.4) is 0 Å². The molecule has 0 spiro atoms. The summed E-state index contributed by atoms with van der Waals surface area (Å²) in [5.74, 6) is 0. The Morgan fingerprint density at radius 2 is 0.464 bits per heavy atom. The van der Waals surface area contributed by atoms with Gasteiger partial charge in [0.05, 0.1) is 0 Å². The molecule has 0 saturated carbocycles. The summed E-state index contributed by atoms with van der Waals surface area (Å²) < 4.78 is 0. The first-order chi connectivity index (χ1) is 13.9. The molecule has 0 aliphatic heterocycles. The summed E-state index contributed by atoms with van der Waals surface area (Å²) in [6, 6.07) is 0. The van der Waals surface area contributed by atoms with Crippen molar-refractivity contribution in [1.29, 1.82) is 0 Å². The van der Waals surface area contributed by atoms with Crippen LogP contribution in [0.5, 0.6) is 0 Å². The molecule has 0 fully saturated rings. The van der Waals surface area contributed by atoms with Crippen molar-refractivity contribution in [2.24, 2.45) is 0 Å². The number of rotatable bonds is 25. The molecule has 0 radical (unpaired) electrons. The average Bonchev–Trinajstić information content (AvgIpc) is 2.71. The van der Waals surface area contributed by atoms with Crippen molar-refractivity contribution in [1.82, 2.24) is 0 Å². The third-order valence-corrected chi connectivity index (χ3v) is 7.16. The molecular formula is C27H57As. The summed E-state index contributed by atoms with van der Waals surface area (Å²) in [5, 5.41) is 1.44. The van der Waals surface area contributed by atoms with Crippen molar-refractivity contribution < 1.29 is 0 Å². The van der Waals surface area contributed by atoms with E-state index in [1.807, 2.05) is 16.9 Å². The van der Waals surface area contributed by atoms with Crippen LogP contribution in [-0.2, 0) is 0 Å². The van der Waals surface area contributed by atoms with Crippen LogP contribution in [0.1, 0.15) is 167 Å². The van der Waals surface area contributed by atoms with Gasteiger partial charge in [0.15, 0.2) is 0 Å². The van der Waals surface area contributed by atoms with Gasteiger partial charge in [-0.15, -0.1) is 0 Å². The van der Waals surface area contributed by atoms with Gasteiger partial charge in [-0.1, -0.05) is 96.8 Å². The molecule has 1 heteroatoms. The molecule has 0 rings (SSSR count). The van der Waals surface area contributed by atoms with Gasteiger partial charge in [-0.3, -0.25) is 0 Å². The van der Waals surface area contributed by atoms with Crippen LogP contribution in [0, 0.1) is 0 Å². The number of hydrogen-bond acceptors (Lipinski definition) is 0. The molecule has 0 amide bonds. The van der Waals surface area contributed by atoms with Crippen molar-refractivity contribution in [2.75, 3.05) is 0 Å². The predicted octanol–water partition coefficient (Wildman–Crippen LogP) is 9.81. The molecule has 0 heterocycles. The third kappa shape index (κ3) is 26.6. The van der Waals surface area contributed by atoms with Gasteiger partial charge < -0.3 is 0 Å². The Morgan fingerprint density at radius 1 is 0.286 bits per heavy atom. The Morgan fingerprint density at radius 3 is 0.643 bits per heavy atom. The van der Waals surface area contributed by atoms with E-state index in [0.29, 0.717) is 0 Å². The minimum atomic E-state index is 1.37. The van der Waals surface area contributed by atoms with Gasteiger partial charge in [-0.25, -0.2) is 0 Å². The Kier molecular flexibility index (Phi) is 28.1. The molecule has 0 nitrogen and oxygen atoms in total. The van der Waals surface area contributed by atoms with E-state index >= 15 is 0 Å². The van der Waals surface area contributed by atoms with Crippen LogP contribution in [0.4, 0.5) is 0 Å². The van der Waals surface area contributed by atoms with Crippen LogP contribution in [0.2, 0.25) is 5.21 Å². The molecule has 0 bridgehead atoms. The molecule has 0 aliphatic rings. The molecular weight excluding hydrogens is 399 g/mol. The normalized spacial score (nSPS) is 11.4. The summed E-state index contributed by atoms with van der Waals surface area (Å²) in [4.78, 5) is 0. The van der Waals surface area contributed by atoms with E-state index in [2.05, 4.69) is 6.92 Å². The number of unbranched alkanes of at least 4 members (excludes halogenated alkanes) is 24. The van der Waals surface area contributed by atoms with E-state index < -0.39 is 0 Å². The maximum absolute atomic E-state index is 2.30. The van der Waals surface area contributed by atoms with Crippen molar-refractivity contribution in [2.45, 2.75) is 173 Å². The Labute approximate surface area is 189 Å². The van der Waals surface area contributed by atoms with Crippen molar-refractivity contribution in [3.63, 3.8) is 0 Å². The average molecular weight is 457 g/mol. The van der Waals surface area contributed by atoms with E-state index in [9.17, 15) is 0 Å². The van der Waals surface area contributed by atoms with Crippen molar-refractivity contribution >= 4 is 16.9 Å². The molecule has 0 aromatic carbocycles. The molecule has 0 N–H and O–H groups in total. The minimum absolute atomic E-state index is 1.37. The standard InChI is InChI=1S/C27H57As/c1-2-3-4-5-6-7-8-9-10-11-12-13-14-15-16-17-18-19-20-21-22-23-24-25-26-27-28/h2-28H2,1H3. The van der Waals surface area contributed by atoms with Crippen LogP contribution >= 0.6 is 0 Å². The molecule has 170 valence electrons. The molecule has 0 aliphatic carbocycles. The summed E-state index contributed by atoms with van der Waals surface area (Å²) in [5.41, 5.74) is 0. The number of hydrogen-bond donors (Lipinski definition) is 0. The monoisotopic (exact) mass is 456 g/mol. The zero-order valence-electron chi connectivity index (χ0n) is 20.0. The summed E-state index contributed by atoms with van der Waals surface area (Å²) >= 11 is 1.90. The molecule has 1 atom stereocenters. The molecule has 0 aromatic heterocycles. The zero-order chi connectivity index (χ0) is 20.4. The predicted molar refractivity (Wildman–Crippen MR) is 134 cm³/mol. The van der Waals surface area contributed by atoms with E-state index in [1.54, 1.807) is 0 Å². The third-order valence-electron chi connectivity index (χ3n) is 6.31.